The molecule has 0 aliphatic heterocycles. The highest BCUT2D eigenvalue weighted by Gasteiger charge is 2.11. The molecule has 14 heteroatoms. The molecule has 14 heterocycles. The van der Waals surface area contributed by atoms with Crippen molar-refractivity contribution in [3.05, 3.63) is 394 Å². The molecule has 0 bridgehead atoms. The van der Waals surface area contributed by atoms with Gasteiger partial charge in [-0.15, -0.1) is 0 Å². The van der Waals surface area contributed by atoms with Gasteiger partial charge in [-0.1, -0.05) is 120 Å². The summed E-state index contributed by atoms with van der Waals surface area (Å²) in [5.74, 6) is 0. The molecule has 14 nitrogen and oxygen atoms in total. The van der Waals surface area contributed by atoms with Gasteiger partial charge in [0, 0.05) is 126 Å². The molecular formula is C108H98N14. The molecule has 0 atom stereocenters. The van der Waals surface area contributed by atoms with Crippen molar-refractivity contribution in [1.29, 1.82) is 0 Å². The van der Waals surface area contributed by atoms with Crippen molar-refractivity contribution < 1.29 is 0 Å². The Hall–Kier alpha value is -14.8. The maximum Gasteiger partial charge on any atom is 0.0967 e. The first kappa shape index (κ1) is 83.7. The predicted molar refractivity (Wildman–Crippen MR) is 508 cm³/mol. The van der Waals surface area contributed by atoms with Gasteiger partial charge in [0.2, 0.25) is 0 Å². The molecule has 0 fully saturated rings. The molecular weight excluding hydrogens is 1490 g/mol. The second-order valence-corrected chi connectivity index (χ2v) is 31.4. The summed E-state index contributed by atoms with van der Waals surface area (Å²) in [6, 6.07) is 87.3. The highest BCUT2D eigenvalue weighted by Crippen LogP contribution is 2.30. The summed E-state index contributed by atoms with van der Waals surface area (Å²) in [4.78, 5) is 62.4. The largest absolute Gasteiger partial charge is 0.255 e. The number of nitrogens with zero attached hydrogens (tertiary/aromatic N) is 14. The van der Waals surface area contributed by atoms with E-state index in [2.05, 4.69) is 285 Å². The lowest BCUT2D eigenvalue weighted by atomic mass is 10.0. The molecule has 0 unspecified atom stereocenters. The van der Waals surface area contributed by atoms with E-state index in [4.69, 9.17) is 0 Å². The number of pyridine rings is 14. The van der Waals surface area contributed by atoms with E-state index in [9.17, 15) is 0 Å². The van der Waals surface area contributed by atoms with Gasteiger partial charge in [0.1, 0.15) is 0 Å². The molecule has 122 heavy (non-hydrogen) atoms. The van der Waals surface area contributed by atoms with E-state index in [1.54, 1.807) is 0 Å². The third-order valence-electron chi connectivity index (χ3n) is 20.7. The van der Waals surface area contributed by atoms with E-state index in [1.807, 2.05) is 200 Å². The number of fused-ring (bicyclic) bond motifs is 13. The average molecular weight is 1590 g/mol. The smallest absolute Gasteiger partial charge is 0.0967 e. The second-order valence-electron chi connectivity index (χ2n) is 31.4. The Morgan fingerprint density at radius 2 is 0.508 bits per heavy atom. The first-order chi connectivity index (χ1) is 58.9. The van der Waals surface area contributed by atoms with Crippen LogP contribution < -0.4 is 0 Å². The third-order valence-corrected chi connectivity index (χ3v) is 20.7. The number of hydrogen-bond acceptors (Lipinski definition) is 14. The monoisotopic (exact) mass is 1590 g/mol. The van der Waals surface area contributed by atoms with Crippen LogP contribution in [0.3, 0.4) is 0 Å². The molecule has 0 spiro atoms. The zero-order valence-electron chi connectivity index (χ0n) is 72.1. The van der Waals surface area contributed by atoms with Crippen molar-refractivity contribution in [3.63, 3.8) is 0 Å². The van der Waals surface area contributed by atoms with Crippen molar-refractivity contribution in [3.8, 4) is 34.2 Å². The Kier molecular flexibility index (Phi) is 26.3. The van der Waals surface area contributed by atoms with E-state index in [1.165, 1.54) is 99.1 Å². The van der Waals surface area contributed by atoms with Crippen LogP contribution in [-0.4, -0.2) is 69.8 Å². The van der Waals surface area contributed by atoms with Crippen LogP contribution in [0.25, 0.3) is 143 Å². The summed E-state index contributed by atoms with van der Waals surface area (Å²) in [5, 5.41) is 11.9. The Labute approximate surface area is 713 Å². The van der Waals surface area contributed by atoms with Gasteiger partial charge in [0.25, 0.3) is 0 Å². The molecule has 600 valence electrons. The Balaban J connectivity index is 0.000000114. The summed E-state index contributed by atoms with van der Waals surface area (Å²) >= 11 is 0. The van der Waals surface area contributed by atoms with Crippen LogP contribution in [0.2, 0.25) is 0 Å². The van der Waals surface area contributed by atoms with E-state index in [-0.39, 0.29) is 0 Å². The summed E-state index contributed by atoms with van der Waals surface area (Å²) in [7, 11) is 0. The van der Waals surface area contributed by atoms with E-state index < -0.39 is 0 Å². The SMILES string of the molecule is Cc1ccc(-c2ccc(C)cn2)nc1.Cc1ccc2ccc3ccc(C)nc3c2n1.Cc1ccc2nc3cc(C)ccc3cc2c1.Cc1ccc2nc3ccc(C)cc3cc2c1.Cc1cccc(-c2cccc(C)n2)n1.Cc1ccnc(-c2cc(C)ccn2)c1.Cc1ccnc2c1ccc1c(C)ccnc12.Cc1cnc2c(ccc3cc(C)cnc32)c1. The molecule has 21 aromatic rings. The van der Waals surface area contributed by atoms with Crippen LogP contribution in [0.5, 0.6) is 0 Å². The first-order valence-electron chi connectivity index (χ1n) is 41.0. The highest BCUT2D eigenvalue weighted by atomic mass is 14.8. The normalized spacial score (nSPS) is 10.8. The topological polar surface area (TPSA) is 180 Å². The van der Waals surface area contributed by atoms with Gasteiger partial charge in [-0.2, -0.15) is 0 Å². The Bertz CT molecular complexity index is 6800. The highest BCUT2D eigenvalue weighted by molar-refractivity contribution is 6.06. The fourth-order valence-electron chi connectivity index (χ4n) is 14.2. The Morgan fingerprint density at radius 1 is 0.164 bits per heavy atom. The molecule has 0 aliphatic carbocycles. The number of aryl methyl sites for hydroxylation is 16. The van der Waals surface area contributed by atoms with E-state index in [0.717, 1.165) is 134 Å². The fourth-order valence-corrected chi connectivity index (χ4v) is 14.2. The Morgan fingerprint density at radius 3 is 0.926 bits per heavy atom. The van der Waals surface area contributed by atoms with E-state index in [0.29, 0.717) is 0 Å². The minimum Gasteiger partial charge on any atom is -0.255 e. The summed E-state index contributed by atoms with van der Waals surface area (Å²) in [6.07, 6.45) is 14.8. The lowest BCUT2D eigenvalue weighted by Gasteiger charge is -2.06. The molecule has 0 aliphatic rings. The molecule has 14 aromatic heterocycles. The number of hydrogen-bond donors (Lipinski definition) is 0. The molecule has 0 N–H and O–H groups in total. The van der Waals surface area contributed by atoms with Crippen molar-refractivity contribution >= 4 is 109 Å². The standard InChI is InChI=1S/2C15H13N.3C14H12N2.3C12H12N2/c1-10-4-6-14-13(7-10)9-12-5-3-11(2)8-15(12)16-14;1-10-3-5-14-12(7-10)9-13-8-11(2)4-6-15(13)16-14;1-9-3-5-11-7-8-12-6-4-10(2)16-14(12)13(11)15-9;1-9-5-11-3-4-12-6-10(2)8-16-14(12)13(11)15-7-9;1-9-5-7-15-13-11(9)3-4-12-10(2)6-8-16-14(12)13;1-9-3-5-13-11(7-9)12-8-10(2)4-6-14-12;1-9-3-5-11(13-7-9)12-6-4-10(2)8-14-12;1-9-5-3-7-11(13-9)12-8-4-6-10(2)14-12/h2*3-9H,1-2H3;3*3-8H,1-2H3;3*3-8H,1-2H3. The van der Waals surface area contributed by atoms with Crippen molar-refractivity contribution in [2.75, 3.05) is 0 Å². The quantitative estimate of drug-likeness (QED) is 0.120. The molecule has 0 amide bonds. The summed E-state index contributed by atoms with van der Waals surface area (Å²) < 4.78 is 0. The fraction of sp³-hybridized carbons (Fsp3) is 0.148. The lowest BCUT2D eigenvalue weighted by molar-refractivity contribution is 1.15. The van der Waals surface area contributed by atoms with Gasteiger partial charge >= 0.3 is 0 Å². The van der Waals surface area contributed by atoms with Crippen molar-refractivity contribution in [2.24, 2.45) is 0 Å². The van der Waals surface area contributed by atoms with E-state index >= 15 is 0 Å². The van der Waals surface area contributed by atoms with Crippen molar-refractivity contribution in [1.82, 2.24) is 69.8 Å². The van der Waals surface area contributed by atoms with Gasteiger partial charge in [-0.3, -0.25) is 59.8 Å². The zero-order valence-corrected chi connectivity index (χ0v) is 72.1. The second kappa shape index (κ2) is 38.3. The molecule has 7 aromatic carbocycles. The predicted octanol–water partition coefficient (Wildman–Crippen LogP) is 26.5. The summed E-state index contributed by atoms with van der Waals surface area (Å²) in [6.45, 7) is 32.9. The molecule has 0 saturated heterocycles. The lowest BCUT2D eigenvalue weighted by Crippen LogP contribution is -1.90. The van der Waals surface area contributed by atoms with Crippen LogP contribution in [0.4, 0.5) is 0 Å². The van der Waals surface area contributed by atoms with Crippen LogP contribution in [0, 0.1) is 111 Å². The van der Waals surface area contributed by atoms with Crippen LogP contribution in [-0.2, 0) is 0 Å². The average Bonchev–Trinajstić information content (AvgIpc) is 0.776. The van der Waals surface area contributed by atoms with Gasteiger partial charge < -0.3 is 0 Å². The van der Waals surface area contributed by atoms with Gasteiger partial charge in [0.05, 0.1) is 89.3 Å². The minimum absolute atomic E-state index is 0.926. The molecule has 0 saturated carbocycles. The maximum absolute atomic E-state index is 4.68. The van der Waals surface area contributed by atoms with Crippen LogP contribution in [0.15, 0.2) is 304 Å². The zero-order chi connectivity index (χ0) is 85.5. The molecule has 0 radical (unpaired) electrons. The first-order valence-corrected chi connectivity index (χ1v) is 41.0. The number of aromatic nitrogens is 14. The van der Waals surface area contributed by atoms with Gasteiger partial charge in [-0.25, -0.2) is 9.97 Å². The van der Waals surface area contributed by atoms with Crippen LogP contribution >= 0.6 is 0 Å². The van der Waals surface area contributed by atoms with Crippen LogP contribution in [0.1, 0.15) is 89.5 Å². The van der Waals surface area contributed by atoms with Gasteiger partial charge in [0.15, 0.2) is 0 Å². The number of benzene rings is 7. The number of rotatable bonds is 3. The minimum atomic E-state index is 0.926. The molecule has 21 rings (SSSR count). The van der Waals surface area contributed by atoms with Crippen molar-refractivity contribution in [2.45, 2.75) is 111 Å². The maximum atomic E-state index is 4.68. The van der Waals surface area contributed by atoms with Gasteiger partial charge in [-0.05, 0) is 313 Å². The summed E-state index contributed by atoms with van der Waals surface area (Å²) in [5.41, 5.74) is 34.7. The third kappa shape index (κ3) is 21.2.